The molecule has 0 aromatic carbocycles. The van der Waals surface area contributed by atoms with Crippen LogP contribution in [0, 0.1) is 11.8 Å². The Morgan fingerprint density at radius 2 is 1.30 bits per heavy atom. The van der Waals surface area contributed by atoms with Crippen LogP contribution >= 0.6 is 0 Å². The van der Waals surface area contributed by atoms with Crippen molar-refractivity contribution in [3.05, 3.63) is 73.9 Å². The molecule has 0 radical (unpaired) electrons. The van der Waals surface area contributed by atoms with Gasteiger partial charge >= 0.3 is 0 Å². The van der Waals surface area contributed by atoms with E-state index in [0.29, 0.717) is 44.9 Å². The van der Waals surface area contributed by atoms with Crippen LogP contribution < -0.4 is 16.4 Å². The van der Waals surface area contributed by atoms with Gasteiger partial charge in [-0.25, -0.2) is 0 Å². The van der Waals surface area contributed by atoms with E-state index < -0.39 is 53.8 Å². The van der Waals surface area contributed by atoms with Crippen molar-refractivity contribution in [2.75, 3.05) is 34.8 Å². The van der Waals surface area contributed by atoms with E-state index in [1.54, 1.807) is 57.6 Å². The Kier molecular flexibility index (Phi) is 25.1. The Morgan fingerprint density at radius 1 is 0.722 bits per heavy atom. The molecule has 0 saturated carbocycles. The standard InChI is InChI=1S/C42H70N6O6/c1-12-14-16-17-18-19-24-35(39(51)45-34(28-30(3)4)41(53)48(11)37(38(43)50)29-31(5)6)46(9)42(54)36(26-25-32(7)22-15-13-2)47(10)40(52)33(44-8)23-20-21-27-49/h12-18,22,30-31,33-37,44,49H,1-2,7,19-21,23-29H2,3-6,8-11H3,(H2,43,50)(H,45,51)/b16-14-,18-17+,22-15-/t33-,34?,35-,36-,37-/m0/s1. The largest absolute Gasteiger partial charge is 0.396 e. The SMILES string of the molecule is C=C/C=C\C=C\CC[C@@H](C(=O)NC(CC(C)C)C(=O)N(C)[C@@H](CC(C)C)C(N)=O)N(C)C(=O)[C@H](CCC(=C)/C=C\C=C)N(C)C(=O)[C@H](CCCCO)NC. The highest BCUT2D eigenvalue weighted by Gasteiger charge is 2.38. The van der Waals surface area contributed by atoms with Gasteiger partial charge in [0.1, 0.15) is 24.2 Å². The quantitative estimate of drug-likeness (QED) is 0.0678. The van der Waals surface area contributed by atoms with Gasteiger partial charge in [0.05, 0.1) is 6.04 Å². The fourth-order valence-electron chi connectivity index (χ4n) is 6.08. The molecule has 0 saturated heterocycles. The minimum Gasteiger partial charge on any atom is -0.396 e. The molecule has 54 heavy (non-hydrogen) atoms. The van der Waals surface area contributed by atoms with Crippen LogP contribution in [0.5, 0.6) is 0 Å². The average molecular weight is 755 g/mol. The molecule has 0 bridgehead atoms. The summed E-state index contributed by atoms with van der Waals surface area (Å²) in [5.74, 6) is -2.24. The zero-order valence-corrected chi connectivity index (χ0v) is 34.3. The molecule has 0 heterocycles. The molecule has 12 nitrogen and oxygen atoms in total. The van der Waals surface area contributed by atoms with Gasteiger partial charge in [-0.15, -0.1) is 0 Å². The molecule has 0 aromatic rings. The minimum absolute atomic E-state index is 0.00643. The maximum Gasteiger partial charge on any atom is 0.245 e. The number of likely N-dealkylation sites (N-methyl/N-ethyl adjacent to an activating group) is 4. The van der Waals surface area contributed by atoms with Gasteiger partial charge in [0.2, 0.25) is 29.5 Å². The van der Waals surface area contributed by atoms with Gasteiger partial charge in [-0.3, -0.25) is 24.0 Å². The van der Waals surface area contributed by atoms with E-state index in [2.05, 4.69) is 30.4 Å². The third kappa shape index (κ3) is 18.2. The number of hydrogen-bond donors (Lipinski definition) is 4. The van der Waals surface area contributed by atoms with Crippen molar-refractivity contribution in [3.8, 4) is 0 Å². The van der Waals surface area contributed by atoms with E-state index in [4.69, 9.17) is 5.73 Å². The molecule has 1 unspecified atom stereocenters. The van der Waals surface area contributed by atoms with Crippen molar-refractivity contribution in [1.82, 2.24) is 25.3 Å². The third-order valence-corrected chi connectivity index (χ3v) is 9.23. The molecule has 304 valence electrons. The third-order valence-electron chi connectivity index (χ3n) is 9.23. The molecule has 5 N–H and O–H groups in total. The summed E-state index contributed by atoms with van der Waals surface area (Å²) < 4.78 is 0. The molecular formula is C42H70N6O6. The van der Waals surface area contributed by atoms with E-state index in [-0.39, 0.29) is 37.2 Å². The van der Waals surface area contributed by atoms with Crippen LogP contribution in [0.25, 0.3) is 0 Å². The maximum atomic E-state index is 14.5. The second-order valence-corrected chi connectivity index (χ2v) is 14.6. The Balaban J connectivity index is 6.86. The van der Waals surface area contributed by atoms with Gasteiger partial charge in [-0.05, 0) is 76.7 Å². The normalized spacial score (nSPS) is 14.5. The number of hydrogen-bond acceptors (Lipinski definition) is 7. The monoisotopic (exact) mass is 755 g/mol. The van der Waals surface area contributed by atoms with Crippen molar-refractivity contribution in [2.45, 2.75) is 116 Å². The molecule has 5 amide bonds. The lowest BCUT2D eigenvalue weighted by Crippen LogP contribution is -2.59. The number of allylic oxidation sites excluding steroid dienone is 9. The highest BCUT2D eigenvalue weighted by molar-refractivity contribution is 5.95. The van der Waals surface area contributed by atoms with Gasteiger partial charge in [-0.1, -0.05) is 102 Å². The highest BCUT2D eigenvalue weighted by atomic mass is 16.3. The van der Waals surface area contributed by atoms with Crippen molar-refractivity contribution in [2.24, 2.45) is 17.6 Å². The predicted octanol–water partition coefficient (Wildman–Crippen LogP) is 4.44. The smallest absolute Gasteiger partial charge is 0.245 e. The molecule has 0 aliphatic rings. The summed E-state index contributed by atoms with van der Waals surface area (Å²) in [4.78, 5) is 73.1. The molecule has 5 atom stereocenters. The summed E-state index contributed by atoms with van der Waals surface area (Å²) in [6.07, 6.45) is 17.6. The Labute approximate surface area is 325 Å². The van der Waals surface area contributed by atoms with Crippen molar-refractivity contribution < 1.29 is 29.1 Å². The van der Waals surface area contributed by atoms with Crippen LogP contribution in [0.2, 0.25) is 0 Å². The lowest BCUT2D eigenvalue weighted by molar-refractivity contribution is -0.149. The van der Waals surface area contributed by atoms with Crippen molar-refractivity contribution in [3.63, 3.8) is 0 Å². The summed E-state index contributed by atoms with van der Waals surface area (Å²) in [5, 5.41) is 15.2. The van der Waals surface area contributed by atoms with E-state index in [1.165, 1.54) is 21.7 Å². The first-order valence-corrected chi connectivity index (χ1v) is 19.1. The Bertz CT molecular complexity index is 1320. The number of amides is 5. The zero-order valence-electron chi connectivity index (χ0n) is 34.3. The number of carbonyl (C=O) groups is 5. The summed E-state index contributed by atoms with van der Waals surface area (Å²) in [7, 11) is 6.32. The number of aliphatic hydroxyl groups excluding tert-OH is 1. The average Bonchev–Trinajstić information content (AvgIpc) is 3.12. The molecule has 0 aliphatic carbocycles. The maximum absolute atomic E-state index is 14.5. The molecule has 0 aliphatic heterocycles. The first-order valence-electron chi connectivity index (χ1n) is 19.1. The molecule has 0 spiro atoms. The van der Waals surface area contributed by atoms with Gasteiger partial charge in [0.25, 0.3) is 0 Å². The summed E-state index contributed by atoms with van der Waals surface area (Å²) >= 11 is 0. The topological polar surface area (TPSA) is 165 Å². The minimum atomic E-state index is -1.01. The second-order valence-electron chi connectivity index (χ2n) is 14.6. The molecule has 0 rings (SSSR count). The summed E-state index contributed by atoms with van der Waals surface area (Å²) in [5.41, 5.74) is 6.45. The molecular weight excluding hydrogens is 684 g/mol. The molecule has 0 aromatic heterocycles. The van der Waals surface area contributed by atoms with Crippen LogP contribution in [0.1, 0.15) is 85.5 Å². The van der Waals surface area contributed by atoms with Gasteiger partial charge in [0, 0.05) is 27.7 Å². The van der Waals surface area contributed by atoms with E-state index in [0.717, 1.165) is 5.57 Å². The lowest BCUT2D eigenvalue weighted by Gasteiger charge is -2.37. The van der Waals surface area contributed by atoms with Crippen LogP contribution in [-0.2, 0) is 24.0 Å². The van der Waals surface area contributed by atoms with Gasteiger partial charge < -0.3 is 36.2 Å². The number of nitrogens with two attached hydrogens (primary N) is 1. The zero-order chi connectivity index (χ0) is 41.4. The first-order chi connectivity index (χ1) is 25.5. The van der Waals surface area contributed by atoms with Crippen molar-refractivity contribution in [1.29, 1.82) is 0 Å². The van der Waals surface area contributed by atoms with Crippen LogP contribution in [-0.4, -0.2) is 114 Å². The summed E-state index contributed by atoms with van der Waals surface area (Å²) in [6.45, 7) is 19.2. The van der Waals surface area contributed by atoms with Crippen LogP contribution in [0.15, 0.2) is 73.9 Å². The number of carbonyl (C=O) groups excluding carboxylic acids is 5. The number of rotatable bonds is 28. The lowest BCUT2D eigenvalue weighted by atomic mass is 9.98. The first kappa shape index (κ1) is 49.7. The van der Waals surface area contributed by atoms with E-state index in [9.17, 15) is 29.1 Å². The van der Waals surface area contributed by atoms with Gasteiger partial charge in [-0.2, -0.15) is 0 Å². The van der Waals surface area contributed by atoms with Crippen molar-refractivity contribution >= 4 is 29.5 Å². The van der Waals surface area contributed by atoms with E-state index in [1.807, 2.05) is 39.8 Å². The van der Waals surface area contributed by atoms with E-state index >= 15 is 0 Å². The second kappa shape index (κ2) is 27.3. The Morgan fingerprint density at radius 3 is 1.83 bits per heavy atom. The molecule has 0 fully saturated rings. The van der Waals surface area contributed by atoms with Gasteiger partial charge in [0.15, 0.2) is 0 Å². The number of unbranched alkanes of at least 4 members (excludes halogenated alkanes) is 1. The predicted molar refractivity (Wildman–Crippen MR) is 219 cm³/mol. The fourth-order valence-corrected chi connectivity index (χ4v) is 6.08. The number of nitrogens with zero attached hydrogens (tertiary/aromatic N) is 3. The molecule has 12 heteroatoms. The van der Waals surface area contributed by atoms with Crippen LogP contribution in [0.4, 0.5) is 0 Å². The number of primary amides is 1. The fraction of sp³-hybridized carbons (Fsp3) is 0.595. The number of aliphatic hydroxyl groups is 1. The summed E-state index contributed by atoms with van der Waals surface area (Å²) in [6, 6.07) is -4.38. The highest BCUT2D eigenvalue weighted by Crippen LogP contribution is 2.20. The van der Waals surface area contributed by atoms with Crippen LogP contribution in [0.3, 0.4) is 0 Å². The Hall–Kier alpha value is -4.29. The number of nitrogens with one attached hydrogen (secondary N) is 2.